The average molecular weight is 467 g/mol. The zero-order valence-electron chi connectivity index (χ0n) is 18.4. The number of rotatable bonds is 5. The molecule has 0 saturated carbocycles. The van der Waals surface area contributed by atoms with Crippen LogP contribution < -0.4 is 10.2 Å². The third kappa shape index (κ3) is 4.63. The molecule has 1 fully saturated rings. The maximum atomic E-state index is 13.1. The summed E-state index contributed by atoms with van der Waals surface area (Å²) >= 11 is 0. The fourth-order valence-corrected chi connectivity index (χ4v) is 4.58. The molecular weight excluding hydrogens is 443 g/mol. The Morgan fingerprint density at radius 2 is 1.94 bits per heavy atom. The molecule has 0 radical (unpaired) electrons. The van der Waals surface area contributed by atoms with Crippen LogP contribution in [-0.2, 0) is 23.8 Å². The number of halogens is 3. The van der Waals surface area contributed by atoms with Crippen molar-refractivity contribution in [2.24, 2.45) is 0 Å². The van der Waals surface area contributed by atoms with Crippen molar-refractivity contribution in [3.8, 4) is 0 Å². The topological polar surface area (TPSA) is 54.5 Å². The molecule has 1 N–H and O–H groups in total. The third-order valence-electron chi connectivity index (χ3n) is 6.25. The molecule has 1 unspecified atom stereocenters. The highest BCUT2D eigenvalue weighted by molar-refractivity contribution is 5.98. The fourth-order valence-electron chi connectivity index (χ4n) is 4.58. The van der Waals surface area contributed by atoms with Crippen LogP contribution in [0.5, 0.6) is 0 Å². The number of nitrogens with zero attached hydrogens (tertiary/aromatic N) is 2. The van der Waals surface area contributed by atoms with E-state index >= 15 is 0 Å². The Morgan fingerprint density at radius 1 is 1.12 bits per heavy atom. The van der Waals surface area contributed by atoms with Gasteiger partial charge in [0.2, 0.25) is 0 Å². The lowest BCUT2D eigenvalue weighted by molar-refractivity contribution is -0.137. The predicted octanol–water partition coefficient (Wildman–Crippen LogP) is 4.90. The average Bonchev–Trinajstić information content (AvgIpc) is 3.48. The summed E-state index contributed by atoms with van der Waals surface area (Å²) in [5.74, 6) is 0.616. The Kier molecular flexibility index (Phi) is 6.00. The second-order valence-electron chi connectivity index (χ2n) is 8.60. The van der Waals surface area contributed by atoms with Gasteiger partial charge in [-0.15, -0.1) is 0 Å². The van der Waals surface area contributed by atoms with Gasteiger partial charge in [0.1, 0.15) is 5.82 Å². The molecule has 1 saturated heterocycles. The Hall–Kier alpha value is -3.39. The molecule has 5 rings (SSSR count). The molecule has 34 heavy (non-hydrogen) atoms. The summed E-state index contributed by atoms with van der Waals surface area (Å²) in [5, 5.41) is 3.05. The number of nitrogens with one attached hydrogen (secondary N) is 1. The molecular formula is C26H24F3N3O2. The number of ether oxygens (including phenoxy) is 1. The summed E-state index contributed by atoms with van der Waals surface area (Å²) in [5.41, 5.74) is 3.14. The minimum Gasteiger partial charge on any atom is -0.379 e. The van der Waals surface area contributed by atoms with Gasteiger partial charge in [-0.1, -0.05) is 30.3 Å². The first-order valence-corrected chi connectivity index (χ1v) is 11.3. The van der Waals surface area contributed by atoms with Gasteiger partial charge in [0.25, 0.3) is 5.91 Å². The van der Waals surface area contributed by atoms with Crippen LogP contribution in [-0.4, -0.2) is 36.7 Å². The predicted molar refractivity (Wildman–Crippen MR) is 122 cm³/mol. The van der Waals surface area contributed by atoms with Gasteiger partial charge >= 0.3 is 6.18 Å². The van der Waals surface area contributed by atoms with Crippen molar-refractivity contribution < 1.29 is 22.7 Å². The van der Waals surface area contributed by atoms with E-state index in [2.05, 4.69) is 10.2 Å². The van der Waals surface area contributed by atoms with Crippen LogP contribution in [0.3, 0.4) is 0 Å². The molecule has 176 valence electrons. The van der Waals surface area contributed by atoms with Gasteiger partial charge < -0.3 is 15.0 Å². The fraction of sp³-hybridized carbons (Fsp3) is 0.308. The van der Waals surface area contributed by atoms with E-state index in [1.807, 2.05) is 36.4 Å². The van der Waals surface area contributed by atoms with E-state index in [1.165, 1.54) is 12.1 Å². The molecule has 0 aliphatic carbocycles. The molecule has 5 nitrogen and oxygen atoms in total. The molecule has 3 aromatic rings. The number of amides is 1. The minimum atomic E-state index is -4.38. The molecule has 0 spiro atoms. The van der Waals surface area contributed by atoms with E-state index in [0.717, 1.165) is 23.7 Å². The van der Waals surface area contributed by atoms with Crippen LogP contribution in [0.4, 0.5) is 24.7 Å². The normalized spacial score (nSPS) is 17.6. The molecule has 1 amide bonds. The molecule has 1 aromatic heterocycles. The third-order valence-corrected chi connectivity index (χ3v) is 6.25. The number of carbonyl (C=O) groups is 1. The lowest BCUT2D eigenvalue weighted by atomic mass is 10.0. The molecule has 2 aliphatic rings. The Bertz CT molecular complexity index is 1210. The zero-order chi connectivity index (χ0) is 23.7. The molecule has 0 bridgehead atoms. The SMILES string of the molecule is O=C(NC1CCOC1)c1cccc2c1CCN2c1cccc(Cc2cccc(C(F)(F)F)c2)n1. The molecule has 2 aromatic carbocycles. The van der Waals surface area contributed by atoms with E-state index in [4.69, 9.17) is 9.72 Å². The van der Waals surface area contributed by atoms with Gasteiger partial charge in [0.15, 0.2) is 0 Å². The summed E-state index contributed by atoms with van der Waals surface area (Å²) in [6, 6.07) is 16.6. The van der Waals surface area contributed by atoms with Crippen LogP contribution in [0.2, 0.25) is 0 Å². The highest BCUT2D eigenvalue weighted by Crippen LogP contribution is 2.36. The summed E-state index contributed by atoms with van der Waals surface area (Å²) in [6.45, 7) is 1.87. The number of benzene rings is 2. The summed E-state index contributed by atoms with van der Waals surface area (Å²) < 4.78 is 44.5. The van der Waals surface area contributed by atoms with Crippen molar-refractivity contribution in [1.82, 2.24) is 10.3 Å². The summed E-state index contributed by atoms with van der Waals surface area (Å²) in [7, 11) is 0. The summed E-state index contributed by atoms with van der Waals surface area (Å²) in [4.78, 5) is 19.7. The molecule has 2 aliphatic heterocycles. The van der Waals surface area contributed by atoms with E-state index < -0.39 is 11.7 Å². The number of fused-ring (bicyclic) bond motifs is 1. The zero-order valence-corrected chi connectivity index (χ0v) is 18.4. The first-order chi connectivity index (χ1) is 16.4. The van der Waals surface area contributed by atoms with Gasteiger partial charge in [-0.2, -0.15) is 13.2 Å². The number of anilines is 2. The highest BCUT2D eigenvalue weighted by atomic mass is 19.4. The standard InChI is InChI=1S/C26H24F3N3O2/c27-26(28,29)18-5-1-4-17(14-18)15-19-6-2-9-24(30-19)32-12-10-21-22(7-3-8-23(21)32)25(33)31-20-11-13-34-16-20/h1-9,14,20H,10-13,15-16H2,(H,31,33). The maximum absolute atomic E-state index is 13.1. The van der Waals surface area contributed by atoms with E-state index in [1.54, 1.807) is 6.07 Å². The van der Waals surface area contributed by atoms with Crippen LogP contribution >= 0.6 is 0 Å². The van der Waals surface area contributed by atoms with Crippen molar-refractivity contribution in [3.05, 3.63) is 88.6 Å². The number of hydrogen-bond acceptors (Lipinski definition) is 4. The minimum absolute atomic E-state index is 0.0371. The smallest absolute Gasteiger partial charge is 0.379 e. The van der Waals surface area contributed by atoms with Gasteiger partial charge in [-0.25, -0.2) is 4.98 Å². The van der Waals surface area contributed by atoms with Crippen molar-refractivity contribution in [2.45, 2.75) is 31.5 Å². The molecule has 8 heteroatoms. The maximum Gasteiger partial charge on any atom is 0.416 e. The van der Waals surface area contributed by atoms with Crippen molar-refractivity contribution in [3.63, 3.8) is 0 Å². The Morgan fingerprint density at radius 3 is 2.74 bits per heavy atom. The van der Waals surface area contributed by atoms with Gasteiger partial charge in [0.05, 0.1) is 18.2 Å². The number of alkyl halides is 3. The van der Waals surface area contributed by atoms with Gasteiger partial charge in [-0.3, -0.25) is 4.79 Å². The first-order valence-electron chi connectivity index (χ1n) is 11.3. The Balaban J connectivity index is 1.37. The quantitative estimate of drug-likeness (QED) is 0.580. The first kappa shape index (κ1) is 22.4. The van der Waals surface area contributed by atoms with Crippen molar-refractivity contribution in [2.75, 3.05) is 24.7 Å². The molecule has 3 heterocycles. The lowest BCUT2D eigenvalue weighted by Gasteiger charge is -2.20. The van der Waals surface area contributed by atoms with Crippen LogP contribution in [0.1, 0.15) is 39.2 Å². The summed E-state index contributed by atoms with van der Waals surface area (Å²) in [6.07, 6.45) is -2.56. The van der Waals surface area contributed by atoms with Crippen LogP contribution in [0.25, 0.3) is 0 Å². The number of carbonyl (C=O) groups excluding carboxylic acids is 1. The monoisotopic (exact) mass is 467 g/mol. The van der Waals surface area contributed by atoms with Gasteiger partial charge in [-0.05, 0) is 54.3 Å². The molecule has 1 atom stereocenters. The number of aromatic nitrogens is 1. The van der Waals surface area contributed by atoms with E-state index in [9.17, 15) is 18.0 Å². The van der Waals surface area contributed by atoms with Gasteiger partial charge in [0, 0.05) is 36.5 Å². The largest absolute Gasteiger partial charge is 0.416 e. The lowest BCUT2D eigenvalue weighted by Crippen LogP contribution is -2.35. The number of pyridine rings is 1. The highest BCUT2D eigenvalue weighted by Gasteiger charge is 2.30. The second-order valence-corrected chi connectivity index (χ2v) is 8.60. The van der Waals surface area contributed by atoms with Crippen molar-refractivity contribution >= 4 is 17.4 Å². The van der Waals surface area contributed by atoms with Crippen LogP contribution in [0, 0.1) is 0 Å². The Labute approximate surface area is 195 Å². The van der Waals surface area contributed by atoms with E-state index in [-0.39, 0.29) is 11.9 Å². The van der Waals surface area contributed by atoms with Crippen LogP contribution in [0.15, 0.2) is 60.7 Å². The van der Waals surface area contributed by atoms with Crippen molar-refractivity contribution in [1.29, 1.82) is 0 Å². The van der Waals surface area contributed by atoms with E-state index in [0.29, 0.717) is 55.2 Å². The number of hydrogen-bond donors (Lipinski definition) is 1. The second kappa shape index (κ2) is 9.10.